The Labute approximate surface area is 71.6 Å². The molecule has 1 saturated carbocycles. The molecule has 0 amide bonds. The molecule has 0 spiro atoms. The van der Waals surface area contributed by atoms with Crippen LogP contribution in [0.15, 0.2) is 0 Å². The quantitative estimate of drug-likeness (QED) is 0.608. The zero-order valence-corrected chi connectivity index (χ0v) is 6.93. The van der Waals surface area contributed by atoms with Crippen molar-refractivity contribution in [3.05, 3.63) is 0 Å². The van der Waals surface area contributed by atoms with Gasteiger partial charge in [-0.05, 0) is 31.3 Å². The monoisotopic (exact) mass is 177 g/mol. The Bertz CT molecular complexity index is 160. The standard InChI is InChI=1S/C7H11NO2.ClH/c9-7(10)6-4-1-5(6)3-8-2-4;/h4-6,8H,1-3H2,(H,9,10);1H/t4-,5+,6?;. The highest BCUT2D eigenvalue weighted by molar-refractivity contribution is 5.85. The van der Waals surface area contributed by atoms with Crippen molar-refractivity contribution in [3.8, 4) is 0 Å². The smallest absolute Gasteiger partial charge is 0.307 e. The zero-order valence-electron chi connectivity index (χ0n) is 6.12. The molecule has 11 heavy (non-hydrogen) atoms. The molecule has 0 aromatic carbocycles. The molecule has 1 unspecified atom stereocenters. The van der Waals surface area contributed by atoms with Gasteiger partial charge in [0, 0.05) is 0 Å². The van der Waals surface area contributed by atoms with Gasteiger partial charge >= 0.3 is 5.97 Å². The van der Waals surface area contributed by atoms with Gasteiger partial charge in [-0.15, -0.1) is 12.4 Å². The molecule has 2 aliphatic heterocycles. The van der Waals surface area contributed by atoms with Crippen LogP contribution in [0.4, 0.5) is 0 Å². The number of carbonyl (C=O) groups is 1. The summed E-state index contributed by atoms with van der Waals surface area (Å²) in [5.74, 6) is 0.233. The normalized spacial score (nSPS) is 40.2. The number of piperidine rings is 2. The van der Waals surface area contributed by atoms with Crippen LogP contribution in [0.1, 0.15) is 6.42 Å². The average Bonchev–Trinajstić information content (AvgIpc) is 1.87. The lowest BCUT2D eigenvalue weighted by atomic mass is 9.62. The maximum atomic E-state index is 10.6. The Kier molecular flexibility index (Phi) is 2.40. The molecule has 0 aromatic rings. The summed E-state index contributed by atoms with van der Waals surface area (Å²) in [7, 11) is 0. The van der Waals surface area contributed by atoms with E-state index in [0.29, 0.717) is 11.8 Å². The van der Waals surface area contributed by atoms with Crippen LogP contribution in [0, 0.1) is 17.8 Å². The second-order valence-corrected chi connectivity index (χ2v) is 3.28. The van der Waals surface area contributed by atoms with E-state index in [4.69, 9.17) is 5.11 Å². The number of aliphatic carboxylic acids is 1. The number of halogens is 1. The third-order valence-corrected chi connectivity index (χ3v) is 2.72. The number of hydrogen-bond donors (Lipinski definition) is 2. The van der Waals surface area contributed by atoms with E-state index in [1.54, 1.807) is 0 Å². The highest BCUT2D eigenvalue weighted by Crippen LogP contribution is 2.42. The first-order chi connectivity index (χ1) is 4.79. The first-order valence-electron chi connectivity index (χ1n) is 3.72. The van der Waals surface area contributed by atoms with Gasteiger partial charge in [-0.1, -0.05) is 0 Å². The predicted molar refractivity (Wildman–Crippen MR) is 42.8 cm³/mol. The minimum atomic E-state index is -0.595. The van der Waals surface area contributed by atoms with Crippen LogP contribution >= 0.6 is 12.4 Å². The van der Waals surface area contributed by atoms with E-state index in [9.17, 15) is 4.79 Å². The van der Waals surface area contributed by atoms with Crippen molar-refractivity contribution in [2.75, 3.05) is 13.1 Å². The molecular formula is C7H12ClNO2. The minimum absolute atomic E-state index is 0. The summed E-state index contributed by atoms with van der Waals surface area (Å²) < 4.78 is 0. The molecule has 3 atom stereocenters. The molecule has 2 N–H and O–H groups in total. The molecular weight excluding hydrogens is 166 g/mol. The summed E-state index contributed by atoms with van der Waals surface area (Å²) in [4.78, 5) is 10.6. The van der Waals surface area contributed by atoms with Crippen LogP contribution in [-0.2, 0) is 4.79 Å². The second kappa shape index (κ2) is 2.99. The lowest BCUT2D eigenvalue weighted by Crippen LogP contribution is -2.56. The first-order valence-corrected chi connectivity index (χ1v) is 3.72. The number of rotatable bonds is 1. The van der Waals surface area contributed by atoms with Crippen molar-refractivity contribution >= 4 is 18.4 Å². The van der Waals surface area contributed by atoms with Crippen molar-refractivity contribution in [2.24, 2.45) is 17.8 Å². The van der Waals surface area contributed by atoms with Crippen molar-refractivity contribution < 1.29 is 9.90 Å². The van der Waals surface area contributed by atoms with E-state index in [0.717, 1.165) is 19.5 Å². The van der Waals surface area contributed by atoms with E-state index < -0.39 is 5.97 Å². The van der Waals surface area contributed by atoms with Gasteiger partial charge in [-0.2, -0.15) is 0 Å². The van der Waals surface area contributed by atoms with Crippen molar-refractivity contribution in [2.45, 2.75) is 6.42 Å². The SMILES string of the molecule is Cl.O=C(O)C1[C@@H]2CNC[C@H]1C2. The maximum absolute atomic E-state index is 10.6. The predicted octanol–water partition coefficient (Wildman–Crippen LogP) is 0.348. The van der Waals surface area contributed by atoms with E-state index in [1.165, 1.54) is 0 Å². The van der Waals surface area contributed by atoms with Crippen LogP contribution in [0.3, 0.4) is 0 Å². The number of hydrogen-bond acceptors (Lipinski definition) is 2. The summed E-state index contributed by atoms with van der Waals surface area (Å²) in [6.45, 7) is 1.82. The van der Waals surface area contributed by atoms with E-state index >= 15 is 0 Å². The van der Waals surface area contributed by atoms with Gasteiger partial charge in [0.2, 0.25) is 0 Å². The van der Waals surface area contributed by atoms with Crippen LogP contribution < -0.4 is 5.32 Å². The Balaban J connectivity index is 0.000000605. The second-order valence-electron chi connectivity index (χ2n) is 3.28. The fourth-order valence-electron chi connectivity index (χ4n) is 2.15. The molecule has 0 aromatic heterocycles. The van der Waals surface area contributed by atoms with E-state index in [1.807, 2.05) is 0 Å². The van der Waals surface area contributed by atoms with E-state index in [-0.39, 0.29) is 18.3 Å². The topological polar surface area (TPSA) is 49.3 Å². The van der Waals surface area contributed by atoms with Crippen LogP contribution in [-0.4, -0.2) is 24.2 Å². The third kappa shape index (κ3) is 1.23. The summed E-state index contributed by atoms with van der Waals surface area (Å²) in [6.07, 6.45) is 1.13. The molecule has 3 aliphatic rings. The average molecular weight is 178 g/mol. The van der Waals surface area contributed by atoms with Gasteiger partial charge in [-0.3, -0.25) is 4.79 Å². The molecule has 1 aliphatic carbocycles. The summed E-state index contributed by atoms with van der Waals surface area (Å²) in [5.41, 5.74) is 0. The first kappa shape index (κ1) is 8.81. The summed E-state index contributed by atoms with van der Waals surface area (Å²) in [6, 6.07) is 0. The molecule has 64 valence electrons. The molecule has 3 fully saturated rings. The van der Waals surface area contributed by atoms with Crippen LogP contribution in [0.2, 0.25) is 0 Å². The van der Waals surface area contributed by atoms with Crippen LogP contribution in [0.5, 0.6) is 0 Å². The van der Waals surface area contributed by atoms with Gasteiger partial charge in [0.05, 0.1) is 5.92 Å². The van der Waals surface area contributed by atoms with Gasteiger partial charge in [0.1, 0.15) is 0 Å². The van der Waals surface area contributed by atoms with Crippen molar-refractivity contribution in [3.63, 3.8) is 0 Å². The van der Waals surface area contributed by atoms with Gasteiger partial charge < -0.3 is 10.4 Å². The molecule has 2 bridgehead atoms. The third-order valence-electron chi connectivity index (χ3n) is 2.72. The summed E-state index contributed by atoms with van der Waals surface area (Å²) in [5, 5.41) is 11.9. The zero-order chi connectivity index (χ0) is 7.14. The minimum Gasteiger partial charge on any atom is -0.481 e. The summed E-state index contributed by atoms with van der Waals surface area (Å²) >= 11 is 0. The Hall–Kier alpha value is -0.280. The molecule has 2 saturated heterocycles. The number of fused-ring (bicyclic) bond motifs is 2. The fourth-order valence-corrected chi connectivity index (χ4v) is 2.15. The van der Waals surface area contributed by atoms with Crippen molar-refractivity contribution in [1.82, 2.24) is 5.32 Å². The molecule has 3 rings (SSSR count). The Morgan fingerprint density at radius 2 is 1.91 bits per heavy atom. The molecule has 2 heterocycles. The fraction of sp³-hybridized carbons (Fsp3) is 0.857. The van der Waals surface area contributed by atoms with Gasteiger partial charge in [0.15, 0.2) is 0 Å². The van der Waals surface area contributed by atoms with Crippen molar-refractivity contribution in [1.29, 1.82) is 0 Å². The lowest BCUT2D eigenvalue weighted by Gasteiger charge is -2.47. The Morgan fingerprint density at radius 3 is 2.18 bits per heavy atom. The molecule has 4 heteroatoms. The van der Waals surface area contributed by atoms with E-state index in [2.05, 4.69) is 5.32 Å². The molecule has 3 nitrogen and oxygen atoms in total. The highest BCUT2D eigenvalue weighted by Gasteiger charge is 2.47. The maximum Gasteiger partial charge on any atom is 0.307 e. The highest BCUT2D eigenvalue weighted by atomic mass is 35.5. The Morgan fingerprint density at radius 1 is 1.36 bits per heavy atom. The lowest BCUT2D eigenvalue weighted by molar-refractivity contribution is -0.154. The van der Waals surface area contributed by atoms with Crippen LogP contribution in [0.25, 0.3) is 0 Å². The number of nitrogens with one attached hydrogen (secondary N) is 1. The number of carboxylic acids is 1. The van der Waals surface area contributed by atoms with Gasteiger partial charge in [0.25, 0.3) is 0 Å². The number of carboxylic acid groups (broad SMARTS) is 1. The van der Waals surface area contributed by atoms with Gasteiger partial charge in [-0.25, -0.2) is 0 Å². The largest absolute Gasteiger partial charge is 0.481 e. The molecule has 0 radical (unpaired) electrons.